The fourth-order valence-electron chi connectivity index (χ4n) is 3.65. The topological polar surface area (TPSA) is 105 Å². The van der Waals surface area contributed by atoms with Gasteiger partial charge >= 0.3 is 0 Å². The Labute approximate surface area is 188 Å². The SMILES string of the molecule is CC(C)c1ccc(C(=O)NC(Cc2cccc(O)c2)C(=O)NC2(C)C(=O)COC2C)cc1. The van der Waals surface area contributed by atoms with Gasteiger partial charge < -0.3 is 20.5 Å². The van der Waals surface area contributed by atoms with Gasteiger partial charge in [-0.2, -0.15) is 0 Å². The van der Waals surface area contributed by atoms with Crippen LogP contribution in [0, 0.1) is 0 Å². The molecule has 1 heterocycles. The minimum Gasteiger partial charge on any atom is -0.508 e. The van der Waals surface area contributed by atoms with Crippen LogP contribution in [-0.4, -0.2) is 47.0 Å². The van der Waals surface area contributed by atoms with Crippen molar-refractivity contribution in [1.29, 1.82) is 0 Å². The molecule has 170 valence electrons. The molecule has 2 aromatic rings. The Morgan fingerprint density at radius 1 is 1.19 bits per heavy atom. The largest absolute Gasteiger partial charge is 0.508 e. The van der Waals surface area contributed by atoms with Crippen LogP contribution in [0.15, 0.2) is 48.5 Å². The maximum atomic E-state index is 13.2. The van der Waals surface area contributed by atoms with Crippen LogP contribution in [-0.2, 0) is 20.7 Å². The van der Waals surface area contributed by atoms with Crippen molar-refractivity contribution in [3.8, 4) is 5.75 Å². The van der Waals surface area contributed by atoms with E-state index in [1.54, 1.807) is 38.1 Å². The van der Waals surface area contributed by atoms with Crippen LogP contribution >= 0.6 is 0 Å². The second kappa shape index (κ2) is 9.53. The third kappa shape index (κ3) is 5.16. The number of phenols is 1. The quantitative estimate of drug-likeness (QED) is 0.617. The van der Waals surface area contributed by atoms with Crippen molar-refractivity contribution >= 4 is 17.6 Å². The molecule has 1 aliphatic rings. The smallest absolute Gasteiger partial charge is 0.251 e. The molecule has 0 bridgehead atoms. The van der Waals surface area contributed by atoms with Gasteiger partial charge in [0.05, 0.1) is 6.10 Å². The molecule has 7 heteroatoms. The molecule has 1 fully saturated rings. The van der Waals surface area contributed by atoms with Gasteiger partial charge in [-0.05, 0) is 55.2 Å². The summed E-state index contributed by atoms with van der Waals surface area (Å²) < 4.78 is 5.39. The van der Waals surface area contributed by atoms with E-state index in [0.717, 1.165) is 5.56 Å². The van der Waals surface area contributed by atoms with E-state index in [-0.39, 0.29) is 24.6 Å². The lowest BCUT2D eigenvalue weighted by molar-refractivity contribution is -0.130. The van der Waals surface area contributed by atoms with E-state index in [0.29, 0.717) is 17.0 Å². The Morgan fingerprint density at radius 3 is 2.44 bits per heavy atom. The van der Waals surface area contributed by atoms with Crippen molar-refractivity contribution in [3.05, 3.63) is 65.2 Å². The third-order valence-electron chi connectivity index (χ3n) is 6.05. The molecule has 0 spiro atoms. The summed E-state index contributed by atoms with van der Waals surface area (Å²) in [6.45, 7) is 7.43. The maximum absolute atomic E-state index is 13.2. The Balaban J connectivity index is 1.82. The second-order valence-corrected chi connectivity index (χ2v) is 8.74. The first-order valence-corrected chi connectivity index (χ1v) is 10.8. The average molecular weight is 439 g/mol. The number of ketones is 1. The summed E-state index contributed by atoms with van der Waals surface area (Å²) >= 11 is 0. The minimum atomic E-state index is -1.17. The highest BCUT2D eigenvalue weighted by Crippen LogP contribution is 2.23. The Kier molecular flexibility index (Phi) is 6.99. The van der Waals surface area contributed by atoms with Gasteiger partial charge in [0.25, 0.3) is 5.91 Å². The zero-order valence-corrected chi connectivity index (χ0v) is 18.8. The van der Waals surface area contributed by atoms with E-state index < -0.39 is 29.5 Å². The number of phenolic OH excluding ortho intramolecular Hbond substituents is 1. The van der Waals surface area contributed by atoms with E-state index >= 15 is 0 Å². The standard InChI is InChI=1S/C25H30N2O5/c1-15(2)18-8-10-19(11-9-18)23(30)26-21(13-17-6-5-7-20(28)12-17)24(31)27-25(4)16(3)32-14-22(25)29/h5-12,15-16,21,28H,13-14H2,1-4H3,(H,26,30)(H,27,31). The van der Waals surface area contributed by atoms with Gasteiger partial charge in [-0.3, -0.25) is 14.4 Å². The zero-order chi connectivity index (χ0) is 23.5. The molecule has 2 aromatic carbocycles. The summed E-state index contributed by atoms with van der Waals surface area (Å²) in [6.07, 6.45) is -0.338. The fraction of sp³-hybridized carbons (Fsp3) is 0.400. The number of amides is 2. The first-order chi connectivity index (χ1) is 15.1. The van der Waals surface area contributed by atoms with Crippen molar-refractivity contribution in [3.63, 3.8) is 0 Å². The van der Waals surface area contributed by atoms with Crippen molar-refractivity contribution in [2.24, 2.45) is 0 Å². The summed E-state index contributed by atoms with van der Waals surface area (Å²) in [4.78, 5) is 38.4. The molecule has 3 atom stereocenters. The summed E-state index contributed by atoms with van der Waals surface area (Å²) in [7, 11) is 0. The number of hydrogen-bond donors (Lipinski definition) is 3. The van der Waals surface area contributed by atoms with Crippen LogP contribution in [0.25, 0.3) is 0 Å². The van der Waals surface area contributed by atoms with Crippen LogP contribution in [0.1, 0.15) is 55.1 Å². The molecule has 0 aromatic heterocycles. The predicted molar refractivity (Wildman–Crippen MR) is 121 cm³/mol. The van der Waals surface area contributed by atoms with Crippen LogP contribution in [0.5, 0.6) is 5.75 Å². The van der Waals surface area contributed by atoms with E-state index in [1.165, 1.54) is 12.1 Å². The number of Topliss-reactive ketones (excluding diaryl/α,β-unsaturated/α-hetero) is 1. The molecule has 1 saturated heterocycles. The number of hydrogen-bond acceptors (Lipinski definition) is 5. The van der Waals surface area contributed by atoms with Crippen LogP contribution in [0.2, 0.25) is 0 Å². The molecule has 0 saturated carbocycles. The summed E-state index contributed by atoms with van der Waals surface area (Å²) in [5.41, 5.74) is 1.05. The second-order valence-electron chi connectivity index (χ2n) is 8.74. The monoisotopic (exact) mass is 438 g/mol. The molecule has 1 aliphatic heterocycles. The molecule has 2 amide bonds. The Hall–Kier alpha value is -3.19. The first-order valence-electron chi connectivity index (χ1n) is 10.8. The molecule has 3 rings (SSSR count). The van der Waals surface area contributed by atoms with Crippen LogP contribution < -0.4 is 10.6 Å². The zero-order valence-electron chi connectivity index (χ0n) is 18.8. The molecule has 32 heavy (non-hydrogen) atoms. The lowest BCUT2D eigenvalue weighted by atomic mass is 9.92. The van der Waals surface area contributed by atoms with Gasteiger partial charge in [0.15, 0.2) is 5.78 Å². The molecule has 7 nitrogen and oxygen atoms in total. The van der Waals surface area contributed by atoms with Crippen molar-refractivity contribution in [2.75, 3.05) is 6.61 Å². The number of nitrogens with one attached hydrogen (secondary N) is 2. The van der Waals surface area contributed by atoms with Gasteiger partial charge in [-0.25, -0.2) is 0 Å². The van der Waals surface area contributed by atoms with E-state index in [1.807, 2.05) is 12.1 Å². The number of carbonyl (C=O) groups excluding carboxylic acids is 3. The number of benzene rings is 2. The van der Waals surface area contributed by atoms with E-state index in [4.69, 9.17) is 4.74 Å². The number of aromatic hydroxyl groups is 1. The van der Waals surface area contributed by atoms with Gasteiger partial charge in [0.2, 0.25) is 5.91 Å². The normalized spacial score (nSPS) is 21.4. The summed E-state index contributed by atoms with van der Waals surface area (Å²) in [5.74, 6) is -0.700. The number of rotatable bonds is 7. The predicted octanol–water partition coefficient (Wildman–Crippen LogP) is 2.72. The lowest BCUT2D eigenvalue weighted by Crippen LogP contribution is -2.60. The first kappa shape index (κ1) is 23.5. The maximum Gasteiger partial charge on any atom is 0.251 e. The van der Waals surface area contributed by atoms with Crippen LogP contribution in [0.3, 0.4) is 0 Å². The van der Waals surface area contributed by atoms with Crippen molar-refractivity contribution < 1.29 is 24.2 Å². The van der Waals surface area contributed by atoms with E-state index in [9.17, 15) is 19.5 Å². The average Bonchev–Trinajstić information content (AvgIpc) is 3.00. The highest BCUT2D eigenvalue weighted by molar-refractivity contribution is 6.00. The van der Waals surface area contributed by atoms with Gasteiger partial charge in [-0.15, -0.1) is 0 Å². The van der Waals surface area contributed by atoms with Gasteiger partial charge in [0, 0.05) is 12.0 Å². The molecule has 0 radical (unpaired) electrons. The van der Waals surface area contributed by atoms with Gasteiger partial charge in [0.1, 0.15) is 23.9 Å². The van der Waals surface area contributed by atoms with E-state index in [2.05, 4.69) is 24.5 Å². The molecule has 3 N–H and O–H groups in total. The van der Waals surface area contributed by atoms with Gasteiger partial charge in [-0.1, -0.05) is 38.1 Å². The highest BCUT2D eigenvalue weighted by atomic mass is 16.5. The molecule has 3 unspecified atom stereocenters. The Morgan fingerprint density at radius 2 is 1.88 bits per heavy atom. The summed E-state index contributed by atoms with van der Waals surface area (Å²) in [5, 5.41) is 15.4. The van der Waals surface area contributed by atoms with Crippen LogP contribution in [0.4, 0.5) is 0 Å². The number of ether oxygens (including phenoxy) is 1. The Bertz CT molecular complexity index is 1000. The highest BCUT2D eigenvalue weighted by Gasteiger charge is 2.47. The van der Waals surface area contributed by atoms with Crippen molar-refractivity contribution in [1.82, 2.24) is 10.6 Å². The third-order valence-corrected chi connectivity index (χ3v) is 6.05. The molecular formula is C25H30N2O5. The fourth-order valence-corrected chi connectivity index (χ4v) is 3.65. The lowest BCUT2D eigenvalue weighted by Gasteiger charge is -2.30. The number of carbonyl (C=O) groups is 3. The molecule has 0 aliphatic carbocycles. The summed E-state index contributed by atoms with van der Waals surface area (Å²) in [6, 6.07) is 12.8. The van der Waals surface area contributed by atoms with Crippen molar-refractivity contribution in [2.45, 2.75) is 57.7 Å². The minimum absolute atomic E-state index is 0.0657. The molecular weight excluding hydrogens is 408 g/mol.